The number of ether oxygens (including phenoxy) is 9. The predicted octanol–water partition coefficient (Wildman–Crippen LogP) is 13.6. The van der Waals surface area contributed by atoms with Crippen LogP contribution in [-0.2, 0) is 28.4 Å². The van der Waals surface area contributed by atoms with E-state index in [2.05, 4.69) is 97.8 Å². The lowest BCUT2D eigenvalue weighted by Gasteiger charge is -2.32. The van der Waals surface area contributed by atoms with Crippen LogP contribution in [0.5, 0.6) is 17.2 Å². The van der Waals surface area contributed by atoms with Gasteiger partial charge in [-0.25, -0.2) is 29.9 Å². The molecule has 0 amide bonds. The van der Waals surface area contributed by atoms with Crippen molar-refractivity contribution in [3.63, 3.8) is 0 Å². The maximum absolute atomic E-state index is 6.36. The molecule has 85 heavy (non-hydrogen) atoms. The maximum atomic E-state index is 6.36. The van der Waals surface area contributed by atoms with Gasteiger partial charge in [-0.1, -0.05) is 43.8 Å². The van der Waals surface area contributed by atoms with Crippen LogP contribution in [0.1, 0.15) is 122 Å². The van der Waals surface area contributed by atoms with Gasteiger partial charge in [0.15, 0.2) is 18.9 Å². The molecule has 0 radical (unpaired) electrons. The topological polar surface area (TPSA) is 175 Å². The van der Waals surface area contributed by atoms with Gasteiger partial charge in [0.05, 0.1) is 81.9 Å². The van der Waals surface area contributed by atoms with Crippen LogP contribution in [-0.4, -0.2) is 103 Å². The van der Waals surface area contributed by atoms with Crippen molar-refractivity contribution in [2.45, 2.75) is 129 Å². The Hall–Kier alpha value is -5.86. The zero-order chi connectivity index (χ0) is 56.9. The number of hydrogen-bond donors (Lipinski definition) is 0. The summed E-state index contributed by atoms with van der Waals surface area (Å²) in [6.45, 7) is 10.4. The largest absolute Gasteiger partial charge is 0.497 e. The number of halogens is 2. The van der Waals surface area contributed by atoms with Gasteiger partial charge in [0.1, 0.15) is 53.2 Å². The minimum atomic E-state index is -0.308. The van der Waals surface area contributed by atoms with E-state index < -0.39 is 0 Å². The summed E-state index contributed by atoms with van der Waals surface area (Å²) in [5.41, 5.74) is 10.5. The number of benzene rings is 3. The van der Waals surface area contributed by atoms with E-state index in [9.17, 15) is 0 Å². The molecule has 3 aromatic carbocycles. The second kappa shape index (κ2) is 26.2. The first-order chi connectivity index (χ1) is 40.5. The van der Waals surface area contributed by atoms with Crippen molar-refractivity contribution >= 4 is 79.7 Å². The van der Waals surface area contributed by atoms with E-state index in [0.29, 0.717) is 35.9 Å². The SMILES string of the molecule is C.COc1ccc(C2OC[C@@H]3C[C@@H](n4cc(C)c5c(C)ncnc54)C[C@@H]3O2)cc1.COc1ccc(C2OC[C@@H]3C[C@@H](n4cc(I)c5c(C)ncnc54)C[C@@H]3O2)cc1.COc1ccc(C2OC[C@@H]3C[C@@H](n4ccc5c(C)ncnc54)C[C@@H]3O2)cc1.I. The van der Waals surface area contributed by atoms with Gasteiger partial charge >= 0.3 is 0 Å². The van der Waals surface area contributed by atoms with Gasteiger partial charge in [0.2, 0.25) is 0 Å². The second-order valence-corrected chi connectivity index (χ2v) is 24.0. The highest BCUT2D eigenvalue weighted by atomic mass is 127. The van der Waals surface area contributed by atoms with Gasteiger partial charge in [0.25, 0.3) is 0 Å². The highest BCUT2D eigenvalue weighted by Crippen LogP contribution is 2.48. The molecule has 18 nitrogen and oxygen atoms in total. The quantitative estimate of drug-likeness (QED) is 0.125. The number of aryl methyl sites for hydroxylation is 4. The summed E-state index contributed by atoms with van der Waals surface area (Å²) < 4.78 is 61.0. The van der Waals surface area contributed by atoms with Crippen molar-refractivity contribution in [1.29, 1.82) is 0 Å². The standard InChI is InChI=1S/C22H25N3O3.C21H22IN3O3.C21H23N3O3.CH4.HI/c1-13-10-25(21-20(13)14(2)23-12-24-21)17-8-16-11-27-22(28-19(16)9-17)15-4-6-18(26-3)7-5-15;1-12-19-17(22)9-25(20(19)24-11-23-12)15-7-14-10-27-21(28-18(14)8-15)13-3-5-16(26-2)6-4-13;1-13-18-7-8-24(20(18)23-12-22-13)16-9-15-11-26-21(27-19(15)10-16)14-3-5-17(25-2)6-4-14;;/h4-7,10,12,16-17,19,22H,8-9,11H2,1-3H3;3-6,9,11,14-15,18,21H,7-8,10H2,1-2H3;3-8,12,15-16,19,21H,9-11H2,1-2H3;1H4;1H/t16-,17+,19-,22?;14-,15+,18-,21?;15-,16+,19-,21?;;/m000../s1. The molecule has 0 N–H and O–H groups in total. The molecule has 3 aliphatic carbocycles. The van der Waals surface area contributed by atoms with Crippen LogP contribution in [0.25, 0.3) is 33.1 Å². The van der Waals surface area contributed by atoms with E-state index in [-0.39, 0.29) is 68.6 Å². The van der Waals surface area contributed by atoms with Crippen LogP contribution in [0, 0.1) is 49.0 Å². The van der Waals surface area contributed by atoms with Gasteiger partial charge in [-0.15, -0.1) is 24.0 Å². The zero-order valence-electron chi connectivity index (χ0n) is 48.2. The number of aromatic nitrogens is 9. The average molecular weight is 1380 g/mol. The Balaban J connectivity index is 0.000000131. The molecule has 6 fully saturated rings. The molecule has 6 aliphatic rings. The Morgan fingerprint density at radius 1 is 0.447 bits per heavy atom. The summed E-state index contributed by atoms with van der Waals surface area (Å²) in [6.07, 6.45) is 17.3. The summed E-state index contributed by atoms with van der Waals surface area (Å²) in [7, 11) is 5.01. The second-order valence-electron chi connectivity index (χ2n) is 22.8. The summed E-state index contributed by atoms with van der Waals surface area (Å²) in [5, 5.41) is 3.46. The average Bonchev–Trinajstić information content (AvgIpc) is 2.36. The van der Waals surface area contributed by atoms with Gasteiger partial charge < -0.3 is 56.3 Å². The number of fused-ring (bicyclic) bond motifs is 6. The van der Waals surface area contributed by atoms with Gasteiger partial charge in [-0.05, 0) is 137 Å². The van der Waals surface area contributed by atoms with Crippen molar-refractivity contribution in [2.75, 3.05) is 41.2 Å². The molecule has 20 heteroatoms. The molecule has 3 unspecified atom stereocenters. The monoisotopic (exact) mass is 1380 g/mol. The number of methoxy groups -OCH3 is 3. The van der Waals surface area contributed by atoms with E-state index in [4.69, 9.17) is 42.6 Å². The van der Waals surface area contributed by atoms with Crippen molar-refractivity contribution in [3.05, 3.63) is 159 Å². The van der Waals surface area contributed by atoms with Crippen LogP contribution < -0.4 is 14.2 Å². The Morgan fingerprint density at radius 3 is 1.26 bits per heavy atom. The van der Waals surface area contributed by atoms with Crippen LogP contribution in [0.3, 0.4) is 0 Å². The minimum absolute atomic E-state index is 0. The smallest absolute Gasteiger partial charge is 0.184 e. The molecule has 15 rings (SSSR count). The maximum Gasteiger partial charge on any atom is 0.184 e. The number of rotatable bonds is 9. The van der Waals surface area contributed by atoms with Crippen molar-refractivity contribution in [3.8, 4) is 17.2 Å². The van der Waals surface area contributed by atoms with E-state index >= 15 is 0 Å². The van der Waals surface area contributed by atoms with Crippen molar-refractivity contribution in [2.24, 2.45) is 17.8 Å². The number of hydrogen-bond acceptors (Lipinski definition) is 15. The fraction of sp³-hybridized carbons (Fsp3) is 0.446. The molecule has 9 aromatic rings. The van der Waals surface area contributed by atoms with Crippen LogP contribution in [0.2, 0.25) is 0 Å². The predicted molar refractivity (Wildman–Crippen MR) is 341 cm³/mol. The van der Waals surface area contributed by atoms with Gasteiger partial charge in [0, 0.05) is 85.5 Å². The highest BCUT2D eigenvalue weighted by Gasteiger charge is 2.45. The normalized spacial score (nSPS) is 26.6. The fourth-order valence-electron chi connectivity index (χ4n) is 13.5. The third-order valence-corrected chi connectivity index (χ3v) is 18.7. The molecule has 12 atom stereocenters. The van der Waals surface area contributed by atoms with Crippen LogP contribution >= 0.6 is 46.6 Å². The first-order valence-electron chi connectivity index (χ1n) is 28.8. The summed E-state index contributed by atoms with van der Waals surface area (Å²) >= 11 is 2.38. The molecule has 6 aromatic heterocycles. The van der Waals surface area contributed by atoms with E-state index in [1.54, 1.807) is 40.3 Å². The molecular formula is C65H75I2N9O9. The van der Waals surface area contributed by atoms with Gasteiger partial charge in [-0.3, -0.25) is 0 Å². The van der Waals surface area contributed by atoms with Crippen LogP contribution in [0.4, 0.5) is 0 Å². The van der Waals surface area contributed by atoms with Crippen molar-refractivity contribution < 1.29 is 42.6 Å². The first kappa shape index (κ1) is 60.8. The summed E-state index contributed by atoms with van der Waals surface area (Å²) in [6, 6.07) is 27.0. The van der Waals surface area contributed by atoms with Gasteiger partial charge in [-0.2, -0.15) is 0 Å². The lowest BCUT2D eigenvalue weighted by Crippen LogP contribution is -2.32. The lowest BCUT2D eigenvalue weighted by molar-refractivity contribution is -0.233. The highest BCUT2D eigenvalue weighted by molar-refractivity contribution is 14.1. The molecule has 3 saturated carbocycles. The summed E-state index contributed by atoms with van der Waals surface area (Å²) in [5.74, 6) is 3.77. The Labute approximate surface area is 526 Å². The number of nitrogens with zero attached hydrogens (tertiary/aromatic N) is 9. The molecule has 0 bridgehead atoms. The third kappa shape index (κ3) is 12.3. The summed E-state index contributed by atoms with van der Waals surface area (Å²) in [4.78, 5) is 26.7. The Kier molecular flexibility index (Phi) is 18.8. The third-order valence-electron chi connectivity index (χ3n) is 17.9. The Bertz CT molecular complexity index is 3570. The lowest BCUT2D eigenvalue weighted by atomic mass is 10.1. The van der Waals surface area contributed by atoms with E-state index in [0.717, 1.165) is 137 Å². The van der Waals surface area contributed by atoms with E-state index in [1.165, 1.54) is 14.5 Å². The molecule has 448 valence electrons. The zero-order valence-corrected chi connectivity index (χ0v) is 52.7. The molecule has 0 spiro atoms. The Morgan fingerprint density at radius 2 is 0.824 bits per heavy atom. The molecular weight excluding hydrogens is 1300 g/mol. The van der Waals surface area contributed by atoms with E-state index in [1.807, 2.05) is 93.6 Å². The fourth-order valence-corrected chi connectivity index (χ4v) is 14.4. The molecule has 3 aliphatic heterocycles. The minimum Gasteiger partial charge on any atom is -0.497 e. The van der Waals surface area contributed by atoms with Crippen molar-refractivity contribution in [1.82, 2.24) is 43.6 Å². The first-order valence-corrected chi connectivity index (χ1v) is 29.9. The molecule has 3 saturated heterocycles. The molecule has 9 heterocycles. The van der Waals surface area contributed by atoms with Crippen LogP contribution in [0.15, 0.2) is 116 Å².